The van der Waals surface area contributed by atoms with Crippen molar-refractivity contribution < 1.29 is 0 Å². The Labute approximate surface area is 306 Å². The molecular weight excluding hydrogens is 645 g/mol. The maximum Gasteiger partial charge on any atom is 0.157 e. The number of aromatic nitrogens is 1. The summed E-state index contributed by atoms with van der Waals surface area (Å²) in [6.45, 7) is 0.496. The number of hydrogen-bond acceptors (Lipinski definition) is 1. The average molecular weight is 679 g/mol. The predicted molar refractivity (Wildman–Crippen MR) is 225 cm³/mol. The maximum atomic E-state index is 6.58. The number of fused-ring (bicyclic) bond motifs is 12. The Morgan fingerprint density at radius 1 is 0.453 bits per heavy atom. The van der Waals surface area contributed by atoms with Gasteiger partial charge in [0.05, 0.1) is 17.6 Å². The smallest absolute Gasteiger partial charge is 0.157 e. The number of benzene rings is 9. The molecule has 0 aliphatic rings. The van der Waals surface area contributed by atoms with Gasteiger partial charge in [0, 0.05) is 38.4 Å². The highest BCUT2D eigenvalue weighted by atomic mass is 15.0. The molecule has 4 heteroatoms. The van der Waals surface area contributed by atoms with Crippen molar-refractivity contribution in [1.29, 1.82) is 0 Å². The Balaban J connectivity index is 1.25. The van der Waals surface area contributed by atoms with Crippen molar-refractivity contribution in [3.05, 3.63) is 199 Å². The van der Waals surface area contributed by atoms with Gasteiger partial charge in [0.15, 0.2) is 5.84 Å². The Morgan fingerprint density at radius 3 is 1.75 bits per heavy atom. The fourth-order valence-electron chi connectivity index (χ4n) is 8.00. The Bertz CT molecular complexity index is 3060. The van der Waals surface area contributed by atoms with Crippen LogP contribution in [0.4, 0.5) is 0 Å². The number of nitrogens with two attached hydrogens (primary N) is 1. The molecule has 9 aromatic carbocycles. The minimum Gasteiger partial charge on any atom is -0.383 e. The summed E-state index contributed by atoms with van der Waals surface area (Å²) >= 11 is 0. The van der Waals surface area contributed by atoms with Crippen LogP contribution in [-0.2, 0) is 6.54 Å². The van der Waals surface area contributed by atoms with Gasteiger partial charge in [-0.3, -0.25) is 4.99 Å². The molecule has 0 radical (unpaired) electrons. The highest BCUT2D eigenvalue weighted by Crippen LogP contribution is 2.46. The molecule has 250 valence electrons. The fraction of sp³-hybridized carbons (Fsp3) is 0.0204. The first kappa shape index (κ1) is 30.8. The Morgan fingerprint density at radius 2 is 1.04 bits per heavy atom. The van der Waals surface area contributed by atoms with Crippen LogP contribution in [0.15, 0.2) is 192 Å². The number of amidine groups is 2. The zero-order valence-electron chi connectivity index (χ0n) is 28.9. The lowest BCUT2D eigenvalue weighted by atomic mass is 9.92. The van der Waals surface area contributed by atoms with Crippen molar-refractivity contribution >= 4 is 76.6 Å². The number of hydrogen-bond donors (Lipinski definition) is 1. The van der Waals surface area contributed by atoms with Gasteiger partial charge in [-0.15, -0.1) is 0 Å². The molecule has 10 aromatic rings. The monoisotopic (exact) mass is 678 g/mol. The van der Waals surface area contributed by atoms with Crippen LogP contribution in [0, 0.1) is 0 Å². The zero-order chi connectivity index (χ0) is 35.3. The van der Waals surface area contributed by atoms with Crippen LogP contribution in [0.5, 0.6) is 0 Å². The third-order valence-corrected chi connectivity index (χ3v) is 10.4. The molecule has 0 spiro atoms. The normalized spacial score (nSPS) is 12.5. The summed E-state index contributed by atoms with van der Waals surface area (Å²) in [5, 5.41) is 12.5. The van der Waals surface area contributed by atoms with Crippen LogP contribution in [-0.4, -0.2) is 16.2 Å². The number of nitrogens with zero attached hydrogens (tertiary/aromatic N) is 3. The average Bonchev–Trinajstić information content (AvgIpc) is 3.59. The largest absolute Gasteiger partial charge is 0.383 e. The summed E-state index contributed by atoms with van der Waals surface area (Å²) in [6, 6.07) is 64.2. The first-order valence-corrected chi connectivity index (χ1v) is 18.0. The van der Waals surface area contributed by atoms with E-state index in [0.29, 0.717) is 18.2 Å². The Kier molecular flexibility index (Phi) is 7.33. The summed E-state index contributed by atoms with van der Waals surface area (Å²) in [6.07, 6.45) is 0. The molecule has 4 nitrogen and oxygen atoms in total. The molecule has 1 heterocycles. The molecular formula is C49H34N4. The van der Waals surface area contributed by atoms with Crippen LogP contribution >= 0.6 is 0 Å². The van der Waals surface area contributed by atoms with E-state index in [-0.39, 0.29) is 0 Å². The van der Waals surface area contributed by atoms with Crippen molar-refractivity contribution in [1.82, 2.24) is 4.57 Å². The van der Waals surface area contributed by atoms with Crippen LogP contribution in [0.25, 0.3) is 70.6 Å². The summed E-state index contributed by atoms with van der Waals surface area (Å²) in [5.41, 5.74) is 12.9. The lowest BCUT2D eigenvalue weighted by Gasteiger charge is -2.14. The van der Waals surface area contributed by atoms with E-state index in [0.717, 1.165) is 22.4 Å². The maximum absolute atomic E-state index is 6.58. The standard InChI is InChI=1S/C49H34N4/c50-48(35-17-5-2-6-18-35)52-49(51-31-32-13-3-1-4-14-32)36-23-27-37(28-24-36)53-43-30-26-34-16-8-10-20-39(34)45(43)46-44-38-19-9-7-15-33(38)25-29-41(44)40-21-11-12-22-42(40)47(46)53/h1-30H,31H2,(H2,50,51,52). The second-order valence-corrected chi connectivity index (χ2v) is 13.5. The van der Waals surface area contributed by atoms with Crippen LogP contribution in [0.1, 0.15) is 16.7 Å². The molecule has 53 heavy (non-hydrogen) atoms. The van der Waals surface area contributed by atoms with E-state index in [2.05, 4.69) is 138 Å². The van der Waals surface area contributed by atoms with Gasteiger partial charge in [-0.05, 0) is 68.2 Å². The second kappa shape index (κ2) is 12.6. The first-order chi connectivity index (χ1) is 26.2. The molecule has 0 atom stereocenters. The van der Waals surface area contributed by atoms with Crippen molar-refractivity contribution in [2.45, 2.75) is 6.54 Å². The second-order valence-electron chi connectivity index (χ2n) is 13.5. The summed E-state index contributed by atoms with van der Waals surface area (Å²) < 4.78 is 2.45. The zero-order valence-corrected chi connectivity index (χ0v) is 28.9. The molecule has 0 unspecified atom stereocenters. The predicted octanol–water partition coefficient (Wildman–Crippen LogP) is 11.7. The number of rotatable bonds is 5. The number of aliphatic imine (C=N–C) groups is 2. The third-order valence-electron chi connectivity index (χ3n) is 10.4. The van der Waals surface area contributed by atoms with E-state index in [9.17, 15) is 0 Å². The molecule has 10 rings (SSSR count). The van der Waals surface area contributed by atoms with Gasteiger partial charge in [0.25, 0.3) is 0 Å². The van der Waals surface area contributed by atoms with Crippen molar-refractivity contribution in [3.63, 3.8) is 0 Å². The van der Waals surface area contributed by atoms with Gasteiger partial charge in [0.2, 0.25) is 0 Å². The van der Waals surface area contributed by atoms with Gasteiger partial charge >= 0.3 is 0 Å². The van der Waals surface area contributed by atoms with Crippen molar-refractivity contribution in [2.75, 3.05) is 0 Å². The molecule has 0 amide bonds. The van der Waals surface area contributed by atoms with Crippen LogP contribution in [0.3, 0.4) is 0 Å². The van der Waals surface area contributed by atoms with Gasteiger partial charge in [0.1, 0.15) is 5.84 Å². The molecule has 2 N–H and O–H groups in total. The molecule has 0 aliphatic heterocycles. The topological polar surface area (TPSA) is 55.7 Å². The molecule has 0 fully saturated rings. The molecule has 0 bridgehead atoms. The van der Waals surface area contributed by atoms with E-state index < -0.39 is 0 Å². The van der Waals surface area contributed by atoms with E-state index >= 15 is 0 Å². The quantitative estimate of drug-likeness (QED) is 0.110. The fourth-order valence-corrected chi connectivity index (χ4v) is 8.00. The van der Waals surface area contributed by atoms with Crippen molar-refractivity contribution in [2.24, 2.45) is 15.7 Å². The third kappa shape index (κ3) is 5.15. The first-order valence-electron chi connectivity index (χ1n) is 18.0. The summed E-state index contributed by atoms with van der Waals surface area (Å²) in [5.74, 6) is 1.03. The molecule has 0 saturated heterocycles. The summed E-state index contributed by atoms with van der Waals surface area (Å²) in [7, 11) is 0. The molecule has 1 aromatic heterocycles. The highest BCUT2D eigenvalue weighted by molar-refractivity contribution is 6.39. The Hall–Kier alpha value is -7.04. The van der Waals surface area contributed by atoms with E-state index in [1.807, 2.05) is 48.5 Å². The molecule has 0 aliphatic carbocycles. The highest BCUT2D eigenvalue weighted by Gasteiger charge is 2.22. The van der Waals surface area contributed by atoms with E-state index in [4.69, 9.17) is 15.7 Å². The van der Waals surface area contributed by atoms with E-state index in [1.54, 1.807) is 0 Å². The van der Waals surface area contributed by atoms with Gasteiger partial charge in [-0.25, -0.2) is 4.99 Å². The van der Waals surface area contributed by atoms with Crippen LogP contribution in [0.2, 0.25) is 0 Å². The van der Waals surface area contributed by atoms with E-state index in [1.165, 1.54) is 64.9 Å². The van der Waals surface area contributed by atoms with Crippen molar-refractivity contribution in [3.8, 4) is 5.69 Å². The van der Waals surface area contributed by atoms with Gasteiger partial charge in [-0.1, -0.05) is 152 Å². The lowest BCUT2D eigenvalue weighted by molar-refractivity contribution is 1.06. The minimum atomic E-state index is 0.432. The SMILES string of the molecule is NC(=NC(=NCc1ccccc1)c1ccc(-n2c3ccc4ccccc4c3c3c4c5ccccc5ccc4c4ccccc4c32)cc1)c1ccccc1. The summed E-state index contributed by atoms with van der Waals surface area (Å²) in [4.78, 5) is 9.90. The molecule has 0 saturated carbocycles. The lowest BCUT2D eigenvalue weighted by Crippen LogP contribution is -2.16. The van der Waals surface area contributed by atoms with Crippen LogP contribution < -0.4 is 5.73 Å². The minimum absolute atomic E-state index is 0.432. The van der Waals surface area contributed by atoms with Gasteiger partial charge < -0.3 is 10.3 Å². The van der Waals surface area contributed by atoms with Gasteiger partial charge in [-0.2, -0.15) is 0 Å².